The lowest BCUT2D eigenvalue weighted by molar-refractivity contribution is 1.10. The molecular weight excluding hydrogens is 494 g/mol. The van der Waals surface area contributed by atoms with Gasteiger partial charge in [-0.25, -0.2) is 9.97 Å². The van der Waals surface area contributed by atoms with E-state index in [9.17, 15) is 0 Å². The summed E-state index contributed by atoms with van der Waals surface area (Å²) in [6, 6.07) is 35.9. The Hall–Kier alpha value is -4.80. The summed E-state index contributed by atoms with van der Waals surface area (Å²) in [4.78, 5) is 13.2. The molecule has 2 aromatic heterocycles. The number of rotatable bonds is 7. The van der Waals surface area contributed by atoms with Crippen LogP contribution in [0.4, 0.5) is 11.4 Å². The maximum Gasteiger partial charge on any atom is 0.126 e. The zero-order valence-electron chi connectivity index (χ0n) is 21.7. The van der Waals surface area contributed by atoms with Gasteiger partial charge in [-0.2, -0.15) is 0 Å². The second-order valence-electron chi connectivity index (χ2n) is 9.22. The highest BCUT2D eigenvalue weighted by molar-refractivity contribution is 7.23. The van der Waals surface area contributed by atoms with Gasteiger partial charge in [-0.05, 0) is 66.4 Å². The van der Waals surface area contributed by atoms with Crippen molar-refractivity contribution in [2.75, 3.05) is 4.90 Å². The van der Waals surface area contributed by atoms with Gasteiger partial charge >= 0.3 is 0 Å². The van der Waals surface area contributed by atoms with Gasteiger partial charge in [0.25, 0.3) is 0 Å². The number of aromatic nitrogens is 2. The van der Waals surface area contributed by atoms with Crippen LogP contribution in [0, 0.1) is 6.92 Å². The topological polar surface area (TPSA) is 29.0 Å². The molecule has 0 saturated heterocycles. The zero-order chi connectivity index (χ0) is 26.8. The molecule has 6 aromatic rings. The van der Waals surface area contributed by atoms with Crippen LogP contribution in [-0.4, -0.2) is 9.97 Å². The number of hydrogen-bond acceptors (Lipinski definition) is 4. The molecule has 0 amide bonds. The van der Waals surface area contributed by atoms with E-state index in [2.05, 4.69) is 103 Å². The van der Waals surface area contributed by atoms with E-state index in [0.717, 1.165) is 45.1 Å². The van der Waals surface area contributed by atoms with Crippen LogP contribution in [0.1, 0.15) is 5.82 Å². The lowest BCUT2D eigenvalue weighted by Gasteiger charge is -2.26. The van der Waals surface area contributed by atoms with E-state index in [1.807, 2.05) is 37.3 Å². The molecule has 0 spiro atoms. The van der Waals surface area contributed by atoms with Crippen molar-refractivity contribution in [1.82, 2.24) is 9.97 Å². The number of thiophene rings is 1. The highest BCUT2D eigenvalue weighted by Gasteiger charge is 2.17. The average molecular weight is 522 g/mol. The molecule has 188 valence electrons. The molecular formula is C35H27N3S. The minimum absolute atomic E-state index is 0.759. The van der Waals surface area contributed by atoms with Crippen molar-refractivity contribution in [3.63, 3.8) is 0 Å². The number of para-hydroxylation sites is 1. The fraction of sp³-hybridized carbons (Fsp3) is 0.0286. The first-order valence-electron chi connectivity index (χ1n) is 12.8. The number of benzene rings is 4. The Balaban J connectivity index is 1.50. The lowest BCUT2D eigenvalue weighted by Crippen LogP contribution is -2.14. The molecule has 0 radical (unpaired) electrons. The Morgan fingerprint density at radius 1 is 0.769 bits per heavy atom. The Morgan fingerprint density at radius 2 is 1.46 bits per heavy atom. The first kappa shape index (κ1) is 24.5. The van der Waals surface area contributed by atoms with E-state index in [1.165, 1.54) is 20.5 Å². The van der Waals surface area contributed by atoms with Gasteiger partial charge in [0, 0.05) is 37.6 Å². The van der Waals surface area contributed by atoms with Crippen molar-refractivity contribution >= 4 is 43.7 Å². The fourth-order valence-corrected chi connectivity index (χ4v) is 6.14. The van der Waals surface area contributed by atoms with Gasteiger partial charge < -0.3 is 4.90 Å². The summed E-state index contributed by atoms with van der Waals surface area (Å²) in [5.74, 6) is 0.759. The van der Waals surface area contributed by atoms with Crippen LogP contribution in [0.5, 0.6) is 0 Å². The van der Waals surface area contributed by atoms with E-state index in [-0.39, 0.29) is 0 Å². The molecule has 4 heteroatoms. The van der Waals surface area contributed by atoms with Crippen molar-refractivity contribution in [3.05, 3.63) is 146 Å². The van der Waals surface area contributed by atoms with Crippen LogP contribution in [0.3, 0.4) is 0 Å². The molecule has 0 unspecified atom stereocenters. The van der Waals surface area contributed by atoms with Gasteiger partial charge in [0.1, 0.15) is 5.82 Å². The van der Waals surface area contributed by atoms with E-state index in [4.69, 9.17) is 9.97 Å². The molecule has 0 atom stereocenters. The quantitative estimate of drug-likeness (QED) is 0.196. The van der Waals surface area contributed by atoms with E-state index in [1.54, 1.807) is 17.4 Å². The largest absolute Gasteiger partial charge is 0.311 e. The standard InChI is InChI=1S/C35H27N3S/c1-4-12-28(5-2)38(29-15-10-7-11-16-29)30-20-17-26(18-21-30)34-33-31(36-24(3)37-34)22-19-27-23-32(39-35(27)33)25-13-8-6-9-14-25/h4-23H,1-2H2,3H3/b28-12+. The van der Waals surface area contributed by atoms with Gasteiger partial charge in [-0.1, -0.05) is 86.0 Å². The Morgan fingerprint density at radius 3 is 2.15 bits per heavy atom. The van der Waals surface area contributed by atoms with Crippen LogP contribution in [0.2, 0.25) is 0 Å². The summed E-state index contributed by atoms with van der Waals surface area (Å²) in [6.45, 7) is 9.89. The maximum atomic E-state index is 4.96. The van der Waals surface area contributed by atoms with Crippen LogP contribution >= 0.6 is 11.3 Å². The molecule has 0 N–H and O–H groups in total. The number of aryl methyl sites for hydroxylation is 1. The normalized spacial score (nSPS) is 11.6. The van der Waals surface area contributed by atoms with Crippen LogP contribution in [0.15, 0.2) is 140 Å². The third kappa shape index (κ3) is 4.67. The molecule has 0 aliphatic carbocycles. The van der Waals surface area contributed by atoms with E-state index < -0.39 is 0 Å². The van der Waals surface area contributed by atoms with Crippen molar-refractivity contribution in [1.29, 1.82) is 0 Å². The number of nitrogens with zero attached hydrogens (tertiary/aromatic N) is 3. The van der Waals surface area contributed by atoms with Gasteiger partial charge in [0.15, 0.2) is 0 Å². The Kier molecular flexibility index (Phi) is 6.62. The molecule has 0 fully saturated rings. The summed E-state index contributed by atoms with van der Waals surface area (Å²) in [7, 11) is 0. The number of allylic oxidation sites excluding steroid dienone is 3. The van der Waals surface area contributed by atoms with Crippen molar-refractivity contribution < 1.29 is 0 Å². The lowest BCUT2D eigenvalue weighted by atomic mass is 10.0. The summed E-state index contributed by atoms with van der Waals surface area (Å²) < 4.78 is 1.21. The smallest absolute Gasteiger partial charge is 0.126 e. The highest BCUT2D eigenvalue weighted by atomic mass is 32.1. The summed E-state index contributed by atoms with van der Waals surface area (Å²) in [6.07, 6.45) is 5.60. The number of fused-ring (bicyclic) bond motifs is 3. The first-order valence-corrected chi connectivity index (χ1v) is 13.6. The molecule has 0 bridgehead atoms. The maximum absolute atomic E-state index is 4.96. The van der Waals surface area contributed by atoms with Gasteiger partial charge in [-0.3, -0.25) is 0 Å². The van der Waals surface area contributed by atoms with Gasteiger partial charge in [-0.15, -0.1) is 11.3 Å². The third-order valence-electron chi connectivity index (χ3n) is 6.69. The van der Waals surface area contributed by atoms with Crippen LogP contribution in [0.25, 0.3) is 42.7 Å². The molecule has 0 aliphatic rings. The molecule has 0 aliphatic heterocycles. The minimum atomic E-state index is 0.759. The van der Waals surface area contributed by atoms with E-state index >= 15 is 0 Å². The van der Waals surface area contributed by atoms with Gasteiger partial charge in [0.05, 0.1) is 11.2 Å². The summed E-state index contributed by atoms with van der Waals surface area (Å²) in [5.41, 5.74) is 7.21. The highest BCUT2D eigenvalue weighted by Crippen LogP contribution is 2.41. The van der Waals surface area contributed by atoms with E-state index in [0.29, 0.717) is 0 Å². The Labute approximate surface area is 232 Å². The van der Waals surface area contributed by atoms with Crippen molar-refractivity contribution in [3.8, 4) is 21.7 Å². The van der Waals surface area contributed by atoms with Crippen molar-refractivity contribution in [2.45, 2.75) is 6.92 Å². The number of anilines is 2. The van der Waals surface area contributed by atoms with Crippen molar-refractivity contribution in [2.24, 2.45) is 0 Å². The fourth-order valence-electron chi connectivity index (χ4n) is 4.93. The molecule has 4 aromatic carbocycles. The van der Waals surface area contributed by atoms with Gasteiger partial charge in [0.2, 0.25) is 0 Å². The summed E-state index contributed by atoms with van der Waals surface area (Å²) in [5, 5.41) is 2.30. The van der Waals surface area contributed by atoms with Crippen LogP contribution < -0.4 is 4.90 Å². The molecule has 3 nitrogen and oxygen atoms in total. The molecule has 6 rings (SSSR count). The minimum Gasteiger partial charge on any atom is -0.311 e. The molecule has 0 saturated carbocycles. The molecule has 39 heavy (non-hydrogen) atoms. The second kappa shape index (κ2) is 10.5. The SMILES string of the molecule is C=C/C=C(\C=C)N(c1ccccc1)c1ccc(-c2nc(C)nc3ccc4cc(-c5ccccc5)sc4c23)cc1. The molecule has 2 heterocycles. The van der Waals surface area contributed by atoms with Crippen LogP contribution in [-0.2, 0) is 0 Å². The predicted octanol–water partition coefficient (Wildman–Crippen LogP) is 9.88. The second-order valence-corrected chi connectivity index (χ2v) is 10.3. The third-order valence-corrected chi connectivity index (χ3v) is 7.90. The summed E-state index contributed by atoms with van der Waals surface area (Å²) >= 11 is 1.80. The monoisotopic (exact) mass is 521 g/mol. The average Bonchev–Trinajstić information content (AvgIpc) is 3.42. The predicted molar refractivity (Wildman–Crippen MR) is 168 cm³/mol. The Bertz CT molecular complexity index is 1830. The number of hydrogen-bond donors (Lipinski definition) is 0. The zero-order valence-corrected chi connectivity index (χ0v) is 22.5. The first-order chi connectivity index (χ1) is 19.2.